The number of anilines is 1. The number of carbonyl (C=O) groups is 2. The maximum atomic E-state index is 12.1. The zero-order valence-electron chi connectivity index (χ0n) is 13.3. The van der Waals surface area contributed by atoms with Crippen LogP contribution < -0.4 is 5.32 Å². The van der Waals surface area contributed by atoms with Crippen LogP contribution in [-0.4, -0.2) is 36.7 Å². The molecular weight excluding hydrogens is 298 g/mol. The summed E-state index contributed by atoms with van der Waals surface area (Å²) in [6, 6.07) is 0. The van der Waals surface area contributed by atoms with Gasteiger partial charge < -0.3 is 15.4 Å². The molecule has 0 aliphatic carbocycles. The van der Waals surface area contributed by atoms with E-state index >= 15 is 0 Å². The Morgan fingerprint density at radius 3 is 2.78 bits per heavy atom. The largest absolute Gasteiger partial charge is 0.480 e. The van der Waals surface area contributed by atoms with Crippen LogP contribution in [-0.2, 0) is 22.6 Å². The molecule has 3 rings (SSSR count). The minimum Gasteiger partial charge on any atom is -0.480 e. The van der Waals surface area contributed by atoms with E-state index < -0.39 is 5.97 Å². The van der Waals surface area contributed by atoms with E-state index in [2.05, 4.69) is 20.4 Å². The van der Waals surface area contributed by atoms with Crippen molar-refractivity contribution in [3.05, 3.63) is 28.5 Å². The molecule has 0 bridgehead atoms. The minimum absolute atomic E-state index is 0.158. The standard InChI is InChI=1S/C15H19N5O3/c1-4-10-16-8(3)14(17-10)9-5-11(21)18-15-13(9)7(2)19-20(15)6-12(22)23/h9H,4-6H2,1-3H3,(H,16,17)(H,18,21)(H,22,23). The van der Waals surface area contributed by atoms with Crippen LogP contribution in [0.2, 0.25) is 0 Å². The summed E-state index contributed by atoms with van der Waals surface area (Å²) in [7, 11) is 0. The molecule has 0 radical (unpaired) electrons. The van der Waals surface area contributed by atoms with Crippen LogP contribution in [0.3, 0.4) is 0 Å². The molecule has 8 heteroatoms. The van der Waals surface area contributed by atoms with Gasteiger partial charge in [-0.15, -0.1) is 0 Å². The van der Waals surface area contributed by atoms with Crippen molar-refractivity contribution >= 4 is 17.7 Å². The number of carbonyl (C=O) groups excluding carboxylic acids is 1. The molecule has 0 aromatic carbocycles. The molecular formula is C15H19N5O3. The van der Waals surface area contributed by atoms with Gasteiger partial charge in [-0.05, 0) is 13.8 Å². The number of amides is 1. The number of carboxylic acids is 1. The molecule has 1 amide bonds. The monoisotopic (exact) mass is 317 g/mol. The van der Waals surface area contributed by atoms with E-state index in [1.54, 1.807) is 0 Å². The van der Waals surface area contributed by atoms with E-state index in [0.717, 1.165) is 29.2 Å². The number of aryl methyl sites for hydroxylation is 3. The second kappa shape index (κ2) is 5.53. The Labute approximate surface area is 132 Å². The van der Waals surface area contributed by atoms with Crippen LogP contribution >= 0.6 is 0 Å². The first-order valence-corrected chi connectivity index (χ1v) is 7.55. The molecule has 2 aromatic rings. The van der Waals surface area contributed by atoms with Crippen molar-refractivity contribution in [1.82, 2.24) is 19.7 Å². The maximum absolute atomic E-state index is 12.1. The normalized spacial score (nSPS) is 17.0. The molecule has 1 aliphatic rings. The summed E-state index contributed by atoms with van der Waals surface area (Å²) in [5.41, 5.74) is 3.32. The van der Waals surface area contributed by atoms with E-state index in [4.69, 9.17) is 5.11 Å². The third-order valence-electron chi connectivity index (χ3n) is 4.09. The summed E-state index contributed by atoms with van der Waals surface area (Å²) in [6.07, 6.45) is 1.06. The van der Waals surface area contributed by atoms with E-state index in [9.17, 15) is 9.59 Å². The lowest BCUT2D eigenvalue weighted by Crippen LogP contribution is -2.26. The first-order chi connectivity index (χ1) is 10.9. The second-order valence-corrected chi connectivity index (χ2v) is 5.75. The van der Waals surface area contributed by atoms with Gasteiger partial charge in [-0.25, -0.2) is 9.67 Å². The minimum atomic E-state index is -1.00. The Hall–Kier alpha value is -2.64. The van der Waals surface area contributed by atoms with Gasteiger partial charge in [0.05, 0.1) is 11.4 Å². The number of aromatic amines is 1. The summed E-state index contributed by atoms with van der Waals surface area (Å²) in [5, 5.41) is 16.1. The van der Waals surface area contributed by atoms with Gasteiger partial charge in [-0.1, -0.05) is 6.92 Å². The number of fused-ring (bicyclic) bond motifs is 1. The van der Waals surface area contributed by atoms with Gasteiger partial charge in [0.1, 0.15) is 18.2 Å². The molecule has 1 unspecified atom stereocenters. The Morgan fingerprint density at radius 2 is 2.17 bits per heavy atom. The number of carboxylic acid groups (broad SMARTS) is 1. The lowest BCUT2D eigenvalue weighted by Gasteiger charge is -2.23. The molecule has 2 aromatic heterocycles. The molecule has 0 saturated heterocycles. The quantitative estimate of drug-likeness (QED) is 0.787. The van der Waals surface area contributed by atoms with Gasteiger partial charge in [0.15, 0.2) is 0 Å². The lowest BCUT2D eigenvalue weighted by atomic mass is 9.88. The van der Waals surface area contributed by atoms with Gasteiger partial charge in [0, 0.05) is 30.0 Å². The highest BCUT2D eigenvalue weighted by molar-refractivity contribution is 5.94. The number of H-pyrrole nitrogens is 1. The highest BCUT2D eigenvalue weighted by atomic mass is 16.4. The van der Waals surface area contributed by atoms with Crippen molar-refractivity contribution in [3.63, 3.8) is 0 Å². The van der Waals surface area contributed by atoms with E-state index in [1.165, 1.54) is 4.68 Å². The summed E-state index contributed by atoms with van der Waals surface area (Å²) in [5.74, 6) is -0.0320. The number of rotatable bonds is 4. The number of nitrogens with one attached hydrogen (secondary N) is 2. The van der Waals surface area contributed by atoms with Crippen molar-refractivity contribution < 1.29 is 14.7 Å². The average Bonchev–Trinajstić information content (AvgIpc) is 2.99. The van der Waals surface area contributed by atoms with Crippen molar-refractivity contribution in [1.29, 1.82) is 0 Å². The SMILES string of the molecule is CCc1nc(C2CC(=O)Nc3c2c(C)nn3CC(=O)O)c(C)[nH]1. The van der Waals surface area contributed by atoms with E-state index in [-0.39, 0.29) is 24.8 Å². The topological polar surface area (TPSA) is 113 Å². The molecule has 3 N–H and O–H groups in total. The van der Waals surface area contributed by atoms with Crippen LogP contribution in [0.5, 0.6) is 0 Å². The fraction of sp³-hybridized carbons (Fsp3) is 0.467. The highest BCUT2D eigenvalue weighted by Crippen LogP contribution is 2.39. The van der Waals surface area contributed by atoms with Crippen LogP contribution in [0.1, 0.15) is 47.7 Å². The van der Waals surface area contributed by atoms with Crippen molar-refractivity contribution in [2.45, 2.75) is 46.1 Å². The first kappa shape index (κ1) is 15.3. The molecule has 8 nitrogen and oxygen atoms in total. The first-order valence-electron chi connectivity index (χ1n) is 7.55. The number of imidazole rings is 1. The van der Waals surface area contributed by atoms with Crippen LogP contribution in [0.4, 0.5) is 5.82 Å². The van der Waals surface area contributed by atoms with Gasteiger partial charge >= 0.3 is 5.97 Å². The molecule has 0 fully saturated rings. The molecule has 0 saturated carbocycles. The van der Waals surface area contributed by atoms with Gasteiger partial charge in [0.2, 0.25) is 5.91 Å². The third kappa shape index (κ3) is 2.60. The average molecular weight is 317 g/mol. The van der Waals surface area contributed by atoms with Crippen molar-refractivity contribution in [2.24, 2.45) is 0 Å². The van der Waals surface area contributed by atoms with Gasteiger partial charge in [-0.3, -0.25) is 9.59 Å². The number of hydrogen-bond donors (Lipinski definition) is 3. The molecule has 0 spiro atoms. The van der Waals surface area contributed by atoms with Gasteiger partial charge in [0.25, 0.3) is 0 Å². The van der Waals surface area contributed by atoms with Crippen LogP contribution in [0.25, 0.3) is 0 Å². The van der Waals surface area contributed by atoms with Crippen molar-refractivity contribution in [3.8, 4) is 0 Å². The maximum Gasteiger partial charge on any atom is 0.325 e. The Morgan fingerprint density at radius 1 is 1.43 bits per heavy atom. The Bertz CT molecular complexity index is 789. The lowest BCUT2D eigenvalue weighted by molar-refractivity contribution is -0.137. The molecule has 1 atom stereocenters. The Balaban J connectivity index is 2.11. The number of nitrogens with zero attached hydrogens (tertiary/aromatic N) is 3. The number of aromatic nitrogens is 4. The summed E-state index contributed by atoms with van der Waals surface area (Å²) < 4.78 is 1.33. The van der Waals surface area contributed by atoms with Crippen LogP contribution in [0, 0.1) is 13.8 Å². The summed E-state index contributed by atoms with van der Waals surface area (Å²) in [4.78, 5) is 30.9. The summed E-state index contributed by atoms with van der Waals surface area (Å²) in [6.45, 7) is 5.48. The zero-order chi connectivity index (χ0) is 16.7. The number of hydrogen-bond acceptors (Lipinski definition) is 4. The fourth-order valence-corrected chi connectivity index (χ4v) is 3.14. The molecule has 1 aliphatic heterocycles. The van der Waals surface area contributed by atoms with Gasteiger partial charge in [-0.2, -0.15) is 5.10 Å². The predicted molar refractivity (Wildman–Crippen MR) is 82.4 cm³/mol. The van der Waals surface area contributed by atoms with E-state index in [0.29, 0.717) is 11.5 Å². The molecule has 3 heterocycles. The number of aliphatic carboxylic acids is 1. The molecule has 23 heavy (non-hydrogen) atoms. The zero-order valence-corrected chi connectivity index (χ0v) is 13.3. The summed E-state index contributed by atoms with van der Waals surface area (Å²) >= 11 is 0. The third-order valence-corrected chi connectivity index (χ3v) is 4.09. The predicted octanol–water partition coefficient (Wildman–Crippen LogP) is 1.34. The second-order valence-electron chi connectivity index (χ2n) is 5.75. The van der Waals surface area contributed by atoms with E-state index in [1.807, 2.05) is 20.8 Å². The van der Waals surface area contributed by atoms with Crippen LogP contribution in [0.15, 0.2) is 0 Å². The smallest absolute Gasteiger partial charge is 0.325 e. The molecule has 122 valence electrons. The fourth-order valence-electron chi connectivity index (χ4n) is 3.14. The van der Waals surface area contributed by atoms with Crippen molar-refractivity contribution in [2.75, 3.05) is 5.32 Å². The Kier molecular flexibility index (Phi) is 3.67. The highest BCUT2D eigenvalue weighted by Gasteiger charge is 2.34.